The van der Waals surface area contributed by atoms with Crippen molar-refractivity contribution in [3.63, 3.8) is 0 Å². The van der Waals surface area contributed by atoms with E-state index < -0.39 is 0 Å². The molecule has 2 nitrogen and oxygen atoms in total. The highest BCUT2D eigenvalue weighted by atomic mass is 16.3. The predicted molar refractivity (Wildman–Crippen MR) is 31.5 cm³/mol. The smallest absolute Gasteiger partial charge is 0.130 e. The SMILES string of the molecule is CC(=O)C[C@H](C)CO. The van der Waals surface area contributed by atoms with Crippen molar-refractivity contribution in [1.82, 2.24) is 0 Å². The third-order valence-electron chi connectivity index (χ3n) is 0.948. The van der Waals surface area contributed by atoms with Crippen LogP contribution < -0.4 is 0 Å². The topological polar surface area (TPSA) is 37.3 Å². The Balaban J connectivity index is 3.24. The van der Waals surface area contributed by atoms with Crippen LogP contribution in [0.1, 0.15) is 20.3 Å². The number of hydrogen-bond acceptors (Lipinski definition) is 2. The largest absolute Gasteiger partial charge is 0.396 e. The van der Waals surface area contributed by atoms with Crippen LogP contribution in [0.3, 0.4) is 0 Å². The van der Waals surface area contributed by atoms with Gasteiger partial charge in [0.05, 0.1) is 0 Å². The van der Waals surface area contributed by atoms with Crippen molar-refractivity contribution >= 4 is 5.78 Å². The van der Waals surface area contributed by atoms with E-state index in [1.54, 1.807) is 0 Å². The maximum absolute atomic E-state index is 10.3. The van der Waals surface area contributed by atoms with Gasteiger partial charge in [0, 0.05) is 13.0 Å². The molecule has 0 aromatic rings. The van der Waals surface area contributed by atoms with E-state index in [2.05, 4.69) is 0 Å². The molecule has 8 heavy (non-hydrogen) atoms. The van der Waals surface area contributed by atoms with Crippen LogP contribution in [-0.2, 0) is 4.79 Å². The van der Waals surface area contributed by atoms with Crippen molar-refractivity contribution in [1.29, 1.82) is 0 Å². The minimum atomic E-state index is 0.111. The Labute approximate surface area is 49.5 Å². The minimum Gasteiger partial charge on any atom is -0.396 e. The molecule has 0 saturated heterocycles. The second kappa shape index (κ2) is 3.61. The summed E-state index contributed by atoms with van der Waals surface area (Å²) in [4.78, 5) is 10.3. The number of aliphatic hydroxyl groups excluding tert-OH is 1. The van der Waals surface area contributed by atoms with Gasteiger partial charge in [-0.25, -0.2) is 0 Å². The van der Waals surface area contributed by atoms with Crippen LogP contribution in [0.25, 0.3) is 0 Å². The summed E-state index contributed by atoms with van der Waals surface area (Å²) >= 11 is 0. The van der Waals surface area contributed by atoms with E-state index in [1.165, 1.54) is 6.92 Å². The van der Waals surface area contributed by atoms with Crippen LogP contribution in [-0.4, -0.2) is 17.5 Å². The second-order valence-corrected chi connectivity index (χ2v) is 2.19. The molecule has 0 spiro atoms. The van der Waals surface area contributed by atoms with Crippen LogP contribution >= 0.6 is 0 Å². The Morgan fingerprint density at radius 3 is 2.38 bits per heavy atom. The van der Waals surface area contributed by atoms with Crippen molar-refractivity contribution in [2.45, 2.75) is 20.3 Å². The first-order chi connectivity index (χ1) is 3.66. The van der Waals surface area contributed by atoms with Gasteiger partial charge < -0.3 is 9.90 Å². The van der Waals surface area contributed by atoms with Gasteiger partial charge >= 0.3 is 0 Å². The zero-order valence-electron chi connectivity index (χ0n) is 5.35. The van der Waals surface area contributed by atoms with E-state index in [4.69, 9.17) is 5.11 Å². The number of Topliss-reactive ketones (excluding diaryl/α,β-unsaturated/α-hetero) is 1. The second-order valence-electron chi connectivity index (χ2n) is 2.19. The predicted octanol–water partition coefficient (Wildman–Crippen LogP) is 0.594. The summed E-state index contributed by atoms with van der Waals surface area (Å²) in [5.41, 5.74) is 0. The fourth-order valence-corrected chi connectivity index (χ4v) is 0.555. The van der Waals surface area contributed by atoms with Crippen molar-refractivity contribution in [2.24, 2.45) is 5.92 Å². The number of rotatable bonds is 3. The molecule has 0 unspecified atom stereocenters. The third kappa shape index (κ3) is 3.81. The first kappa shape index (κ1) is 7.63. The Hall–Kier alpha value is -0.370. The molecule has 0 bridgehead atoms. The molecule has 1 atom stereocenters. The molecular formula is C6H12O2. The third-order valence-corrected chi connectivity index (χ3v) is 0.948. The number of ketones is 1. The van der Waals surface area contributed by atoms with Crippen LogP contribution in [0.15, 0.2) is 0 Å². The first-order valence-electron chi connectivity index (χ1n) is 2.77. The molecular weight excluding hydrogens is 104 g/mol. The Kier molecular flexibility index (Phi) is 3.44. The van der Waals surface area contributed by atoms with E-state index in [9.17, 15) is 4.79 Å². The summed E-state index contributed by atoms with van der Waals surface area (Å²) < 4.78 is 0. The molecule has 0 heterocycles. The standard InChI is InChI=1S/C6H12O2/c1-5(4-7)3-6(2)8/h5,7H,3-4H2,1-2H3/t5-/m0/s1. The lowest BCUT2D eigenvalue weighted by atomic mass is 10.1. The Morgan fingerprint density at radius 2 is 2.25 bits per heavy atom. The number of carbonyl (C=O) groups is 1. The molecule has 0 radical (unpaired) electrons. The summed E-state index contributed by atoms with van der Waals surface area (Å²) in [7, 11) is 0. The average molecular weight is 116 g/mol. The molecule has 2 heteroatoms. The molecule has 0 aromatic carbocycles. The lowest BCUT2D eigenvalue weighted by molar-refractivity contribution is -0.118. The van der Waals surface area contributed by atoms with Gasteiger partial charge in [0.15, 0.2) is 0 Å². The van der Waals surface area contributed by atoms with Crippen LogP contribution in [0.4, 0.5) is 0 Å². The maximum Gasteiger partial charge on any atom is 0.130 e. The van der Waals surface area contributed by atoms with Crippen molar-refractivity contribution in [2.75, 3.05) is 6.61 Å². The molecule has 0 aliphatic carbocycles. The molecule has 0 fully saturated rings. The van der Waals surface area contributed by atoms with Gasteiger partial charge in [-0.2, -0.15) is 0 Å². The summed E-state index contributed by atoms with van der Waals surface area (Å²) in [6, 6.07) is 0. The molecule has 0 rings (SSSR count). The Morgan fingerprint density at radius 1 is 1.75 bits per heavy atom. The van der Waals surface area contributed by atoms with E-state index in [1.807, 2.05) is 6.92 Å². The van der Waals surface area contributed by atoms with Gasteiger partial charge in [0.25, 0.3) is 0 Å². The highest BCUT2D eigenvalue weighted by molar-refractivity contribution is 5.75. The maximum atomic E-state index is 10.3. The fourth-order valence-electron chi connectivity index (χ4n) is 0.555. The number of carbonyl (C=O) groups excluding carboxylic acids is 1. The average Bonchev–Trinajstić information content (AvgIpc) is 1.65. The zero-order chi connectivity index (χ0) is 6.57. The van der Waals surface area contributed by atoms with E-state index in [0.29, 0.717) is 6.42 Å². The molecule has 0 amide bonds. The monoisotopic (exact) mass is 116 g/mol. The fraction of sp³-hybridized carbons (Fsp3) is 0.833. The number of hydrogen-bond donors (Lipinski definition) is 1. The molecule has 1 N–H and O–H groups in total. The Bertz CT molecular complexity index is 78.6. The van der Waals surface area contributed by atoms with Gasteiger partial charge in [-0.15, -0.1) is 0 Å². The molecule has 0 aliphatic rings. The molecule has 0 saturated carbocycles. The van der Waals surface area contributed by atoms with Gasteiger partial charge in [-0.3, -0.25) is 0 Å². The minimum absolute atomic E-state index is 0.111. The highest BCUT2D eigenvalue weighted by Gasteiger charge is 2.01. The normalized spacial score (nSPS) is 13.4. The molecule has 0 aliphatic heterocycles. The van der Waals surface area contributed by atoms with Crippen LogP contribution in [0, 0.1) is 5.92 Å². The summed E-state index contributed by atoms with van der Waals surface area (Å²) in [5, 5.41) is 8.43. The summed E-state index contributed by atoms with van der Waals surface area (Å²) in [6.07, 6.45) is 0.497. The molecule has 48 valence electrons. The summed E-state index contributed by atoms with van der Waals surface area (Å²) in [5.74, 6) is 0.277. The van der Waals surface area contributed by atoms with Crippen molar-refractivity contribution in [3.05, 3.63) is 0 Å². The summed E-state index contributed by atoms with van der Waals surface area (Å²) in [6.45, 7) is 3.49. The zero-order valence-corrected chi connectivity index (χ0v) is 5.35. The van der Waals surface area contributed by atoms with Gasteiger partial charge in [-0.05, 0) is 12.8 Å². The number of aliphatic hydroxyl groups is 1. The van der Waals surface area contributed by atoms with Crippen molar-refractivity contribution < 1.29 is 9.90 Å². The van der Waals surface area contributed by atoms with Crippen LogP contribution in [0.5, 0.6) is 0 Å². The van der Waals surface area contributed by atoms with E-state index in [-0.39, 0.29) is 18.3 Å². The van der Waals surface area contributed by atoms with E-state index >= 15 is 0 Å². The van der Waals surface area contributed by atoms with Crippen molar-refractivity contribution in [3.8, 4) is 0 Å². The molecule has 0 aromatic heterocycles. The highest BCUT2D eigenvalue weighted by Crippen LogP contribution is 1.98. The van der Waals surface area contributed by atoms with Crippen LogP contribution in [0.2, 0.25) is 0 Å². The quantitative estimate of drug-likeness (QED) is 0.586. The van der Waals surface area contributed by atoms with Gasteiger partial charge in [0.1, 0.15) is 5.78 Å². The first-order valence-corrected chi connectivity index (χ1v) is 2.77. The van der Waals surface area contributed by atoms with E-state index in [0.717, 1.165) is 0 Å². The lowest BCUT2D eigenvalue weighted by Gasteiger charge is -2.01. The lowest BCUT2D eigenvalue weighted by Crippen LogP contribution is -2.05. The van der Waals surface area contributed by atoms with Gasteiger partial charge in [0.2, 0.25) is 0 Å². The van der Waals surface area contributed by atoms with Gasteiger partial charge in [-0.1, -0.05) is 6.92 Å².